The number of hydrogen-bond acceptors (Lipinski definition) is 4. The van der Waals surface area contributed by atoms with Crippen LogP contribution in [0.5, 0.6) is 0 Å². The SMILES string of the molecule is CC1CC=C(COCCNCC(NS(=O)(=O)C2(C)C=CC=C(C3CCCCCCCCC3)C=C2)c2ccccc2)CC1. The fourth-order valence-corrected chi connectivity index (χ4v) is 7.64. The highest BCUT2D eigenvalue weighted by molar-refractivity contribution is 7.91. The summed E-state index contributed by atoms with van der Waals surface area (Å²) in [7, 11) is -3.73. The van der Waals surface area contributed by atoms with Gasteiger partial charge in [0.25, 0.3) is 0 Å². The van der Waals surface area contributed by atoms with Gasteiger partial charge in [0.2, 0.25) is 10.0 Å². The number of hydrogen-bond donors (Lipinski definition) is 2. The summed E-state index contributed by atoms with van der Waals surface area (Å²) < 4.78 is 35.7. The van der Waals surface area contributed by atoms with Crippen molar-refractivity contribution in [2.75, 3.05) is 26.3 Å². The van der Waals surface area contributed by atoms with E-state index in [1.807, 2.05) is 48.6 Å². The van der Waals surface area contributed by atoms with Crippen molar-refractivity contribution in [3.05, 3.63) is 83.5 Å². The topological polar surface area (TPSA) is 67.4 Å². The number of allylic oxidation sites excluding steroid dienone is 5. The van der Waals surface area contributed by atoms with Gasteiger partial charge < -0.3 is 10.1 Å². The van der Waals surface area contributed by atoms with E-state index in [4.69, 9.17) is 4.74 Å². The molecular formula is C36H54N2O3S. The summed E-state index contributed by atoms with van der Waals surface area (Å²) >= 11 is 0. The van der Waals surface area contributed by atoms with Crippen LogP contribution in [-0.2, 0) is 14.8 Å². The van der Waals surface area contributed by atoms with E-state index in [0.29, 0.717) is 32.2 Å². The minimum absolute atomic E-state index is 0.383. The van der Waals surface area contributed by atoms with Gasteiger partial charge in [0.15, 0.2) is 0 Å². The quantitative estimate of drug-likeness (QED) is 0.190. The van der Waals surface area contributed by atoms with E-state index in [9.17, 15) is 8.42 Å². The van der Waals surface area contributed by atoms with Crippen LogP contribution < -0.4 is 10.0 Å². The van der Waals surface area contributed by atoms with Crippen LogP contribution in [0.25, 0.3) is 0 Å². The van der Waals surface area contributed by atoms with Crippen molar-refractivity contribution in [2.24, 2.45) is 11.8 Å². The lowest BCUT2D eigenvalue weighted by atomic mass is 9.86. The molecule has 4 rings (SSSR count). The van der Waals surface area contributed by atoms with Crippen LogP contribution in [0.15, 0.2) is 77.9 Å². The molecule has 2 N–H and O–H groups in total. The molecule has 232 valence electrons. The molecule has 0 aromatic heterocycles. The summed E-state index contributed by atoms with van der Waals surface area (Å²) in [5.74, 6) is 1.28. The molecule has 0 bridgehead atoms. The minimum Gasteiger partial charge on any atom is -0.376 e. The zero-order valence-corrected chi connectivity index (χ0v) is 26.8. The van der Waals surface area contributed by atoms with Crippen molar-refractivity contribution >= 4 is 10.0 Å². The second-order valence-electron chi connectivity index (χ2n) is 12.9. The first-order valence-corrected chi connectivity index (χ1v) is 18.0. The highest BCUT2D eigenvalue weighted by atomic mass is 32.2. The monoisotopic (exact) mass is 594 g/mol. The zero-order chi connectivity index (χ0) is 29.7. The Bertz CT molecular complexity index is 1180. The van der Waals surface area contributed by atoms with Crippen molar-refractivity contribution in [1.29, 1.82) is 0 Å². The molecule has 0 spiro atoms. The normalized spacial score (nSPS) is 25.3. The van der Waals surface area contributed by atoms with Crippen molar-refractivity contribution in [3.8, 4) is 0 Å². The van der Waals surface area contributed by atoms with Crippen LogP contribution in [0.1, 0.15) is 103 Å². The number of ether oxygens (including phenoxy) is 1. The average Bonchev–Trinajstić information content (AvgIpc) is 3.21. The van der Waals surface area contributed by atoms with Crippen molar-refractivity contribution in [2.45, 2.75) is 102 Å². The first-order valence-electron chi connectivity index (χ1n) is 16.5. The summed E-state index contributed by atoms with van der Waals surface area (Å²) in [6, 6.07) is 9.47. The Hall–Kier alpha value is -1.99. The Balaban J connectivity index is 1.35. The fourth-order valence-electron chi connectivity index (χ4n) is 6.29. The van der Waals surface area contributed by atoms with Gasteiger partial charge in [0, 0.05) is 13.1 Å². The highest BCUT2D eigenvalue weighted by Gasteiger charge is 2.37. The largest absolute Gasteiger partial charge is 0.376 e. The standard InChI is InChI=1S/C36H54N2O3S/c1-30-19-21-31(22-20-30)29-41-27-26-37-28-35(34-16-11-8-12-17-34)38-42(39,40)36(2)24-13-18-33(23-25-36)32-14-9-6-4-3-5-7-10-15-32/h8,11-13,16-18,21,23-25,30,32,35,37-38H,3-7,9-10,14-15,19-20,22,26-29H2,1-2H3. The molecule has 1 fully saturated rings. The van der Waals surface area contributed by atoms with E-state index in [1.165, 1.54) is 75.4 Å². The molecule has 0 heterocycles. The van der Waals surface area contributed by atoms with Crippen LogP contribution in [-0.4, -0.2) is 39.5 Å². The molecule has 3 aliphatic rings. The lowest BCUT2D eigenvalue weighted by Gasteiger charge is -2.27. The summed E-state index contributed by atoms with van der Waals surface area (Å²) in [6.07, 6.45) is 27.3. The van der Waals surface area contributed by atoms with Crippen LogP contribution in [0.4, 0.5) is 0 Å². The number of nitrogens with one attached hydrogen (secondary N) is 2. The van der Waals surface area contributed by atoms with Gasteiger partial charge in [0.1, 0.15) is 4.75 Å². The Labute approximate surface area is 256 Å². The fraction of sp³-hybridized carbons (Fsp3) is 0.611. The first kappa shape index (κ1) is 32.9. The van der Waals surface area contributed by atoms with E-state index < -0.39 is 14.8 Å². The molecular weight excluding hydrogens is 540 g/mol. The molecule has 6 heteroatoms. The first-order chi connectivity index (χ1) is 20.4. The van der Waals surface area contributed by atoms with Crippen molar-refractivity contribution < 1.29 is 13.2 Å². The molecule has 3 unspecified atom stereocenters. The predicted octanol–water partition coefficient (Wildman–Crippen LogP) is 7.95. The van der Waals surface area contributed by atoms with Gasteiger partial charge in [-0.05, 0) is 67.6 Å². The molecule has 3 aliphatic carbocycles. The van der Waals surface area contributed by atoms with Crippen LogP contribution in [0.2, 0.25) is 0 Å². The third-order valence-corrected chi connectivity index (χ3v) is 11.3. The van der Waals surface area contributed by atoms with Gasteiger partial charge in [-0.2, -0.15) is 0 Å². The molecule has 0 aliphatic heterocycles. The highest BCUT2D eigenvalue weighted by Crippen LogP contribution is 2.32. The maximum atomic E-state index is 13.9. The summed E-state index contributed by atoms with van der Waals surface area (Å²) in [6.45, 7) is 6.55. The van der Waals surface area contributed by atoms with Crippen LogP contribution in [0.3, 0.4) is 0 Å². The van der Waals surface area contributed by atoms with Gasteiger partial charge in [-0.25, -0.2) is 13.1 Å². The molecule has 1 saturated carbocycles. The molecule has 0 radical (unpaired) electrons. The van der Waals surface area contributed by atoms with Crippen molar-refractivity contribution in [1.82, 2.24) is 10.0 Å². The second kappa shape index (κ2) is 16.7. The minimum atomic E-state index is -3.73. The summed E-state index contributed by atoms with van der Waals surface area (Å²) in [5.41, 5.74) is 3.62. The van der Waals surface area contributed by atoms with E-state index in [0.717, 1.165) is 24.3 Å². The maximum absolute atomic E-state index is 13.9. The van der Waals surface area contributed by atoms with Gasteiger partial charge >= 0.3 is 0 Å². The number of sulfonamides is 1. The van der Waals surface area contributed by atoms with Gasteiger partial charge in [-0.3, -0.25) is 0 Å². The lowest BCUT2D eigenvalue weighted by molar-refractivity contribution is 0.153. The molecule has 1 aromatic rings. The van der Waals surface area contributed by atoms with Crippen LogP contribution in [0, 0.1) is 11.8 Å². The Morgan fingerprint density at radius 1 is 0.976 bits per heavy atom. The Kier molecular flexibility index (Phi) is 13.1. The van der Waals surface area contributed by atoms with Crippen molar-refractivity contribution in [3.63, 3.8) is 0 Å². The molecule has 1 aromatic carbocycles. The molecule has 3 atom stereocenters. The Morgan fingerprint density at radius 2 is 1.69 bits per heavy atom. The summed E-state index contributed by atoms with van der Waals surface area (Å²) in [5, 5.41) is 3.43. The smallest absolute Gasteiger partial charge is 0.224 e. The lowest BCUT2D eigenvalue weighted by Crippen LogP contribution is -2.45. The third-order valence-electron chi connectivity index (χ3n) is 9.30. The van der Waals surface area contributed by atoms with Gasteiger partial charge in [-0.15, -0.1) is 0 Å². The van der Waals surface area contributed by atoms with Gasteiger partial charge in [-0.1, -0.05) is 119 Å². The van der Waals surface area contributed by atoms with Gasteiger partial charge in [0.05, 0.1) is 19.3 Å². The van der Waals surface area contributed by atoms with E-state index >= 15 is 0 Å². The third kappa shape index (κ3) is 10.0. The zero-order valence-electron chi connectivity index (χ0n) is 26.0. The van der Waals surface area contributed by atoms with E-state index in [2.05, 4.69) is 35.2 Å². The average molecular weight is 595 g/mol. The van der Waals surface area contributed by atoms with E-state index in [-0.39, 0.29) is 6.04 Å². The molecule has 5 nitrogen and oxygen atoms in total. The summed E-state index contributed by atoms with van der Waals surface area (Å²) in [4.78, 5) is 0. The molecule has 0 saturated heterocycles. The maximum Gasteiger partial charge on any atom is 0.224 e. The number of benzene rings is 1. The molecule has 42 heavy (non-hydrogen) atoms. The second-order valence-corrected chi connectivity index (χ2v) is 15.0. The predicted molar refractivity (Wildman–Crippen MR) is 176 cm³/mol. The number of rotatable bonds is 12. The molecule has 0 amide bonds. The Morgan fingerprint density at radius 3 is 2.38 bits per heavy atom. The van der Waals surface area contributed by atoms with E-state index in [1.54, 1.807) is 6.92 Å². The van der Waals surface area contributed by atoms with Crippen LogP contribution >= 0.6 is 0 Å².